The van der Waals surface area contributed by atoms with E-state index in [1.807, 2.05) is 24.0 Å². The summed E-state index contributed by atoms with van der Waals surface area (Å²) in [6, 6.07) is 6.34. The third-order valence-corrected chi connectivity index (χ3v) is 5.60. The van der Waals surface area contributed by atoms with E-state index in [9.17, 15) is 4.79 Å². The van der Waals surface area contributed by atoms with Crippen molar-refractivity contribution in [3.8, 4) is 0 Å². The number of H-pyrrole nitrogens is 1. The molecule has 7 nitrogen and oxygen atoms in total. The molecule has 4 rings (SSSR count). The van der Waals surface area contributed by atoms with Crippen LogP contribution in [-0.4, -0.2) is 48.9 Å². The van der Waals surface area contributed by atoms with Crippen LogP contribution in [0.25, 0.3) is 11.2 Å². The highest BCUT2D eigenvalue weighted by atomic mass is 16.2. The Morgan fingerprint density at radius 1 is 1.29 bits per heavy atom. The van der Waals surface area contributed by atoms with E-state index in [1.165, 1.54) is 6.33 Å². The quantitative estimate of drug-likeness (QED) is 0.711. The van der Waals surface area contributed by atoms with Crippen molar-refractivity contribution in [2.24, 2.45) is 0 Å². The number of imidazole rings is 1. The molecule has 0 aliphatic carbocycles. The molecular weight excluding hydrogens is 352 g/mol. The minimum absolute atomic E-state index is 0.0414. The highest BCUT2D eigenvalue weighted by molar-refractivity contribution is 5.98. The fraction of sp³-hybridized carbons (Fsp3) is 0.429. The molecule has 2 atom stereocenters. The van der Waals surface area contributed by atoms with E-state index in [-0.39, 0.29) is 24.0 Å². The first-order valence-corrected chi connectivity index (χ1v) is 9.83. The molecule has 28 heavy (non-hydrogen) atoms. The molecule has 1 aromatic carbocycles. The van der Waals surface area contributed by atoms with Gasteiger partial charge in [-0.05, 0) is 44.7 Å². The summed E-state index contributed by atoms with van der Waals surface area (Å²) >= 11 is 0. The van der Waals surface area contributed by atoms with Gasteiger partial charge in [0.1, 0.15) is 11.8 Å². The summed E-state index contributed by atoms with van der Waals surface area (Å²) in [5.41, 5.74) is 4.45. The molecule has 0 saturated heterocycles. The fourth-order valence-electron chi connectivity index (χ4n) is 4.28. The number of nitrogens with one attached hydrogen (secondary N) is 2. The van der Waals surface area contributed by atoms with E-state index in [4.69, 9.17) is 0 Å². The summed E-state index contributed by atoms with van der Waals surface area (Å²) in [4.78, 5) is 31.3. The molecule has 0 bridgehead atoms. The van der Waals surface area contributed by atoms with E-state index in [1.54, 1.807) is 6.33 Å². The number of hydrogen-bond donors (Lipinski definition) is 2. The van der Waals surface area contributed by atoms with Gasteiger partial charge in [0.2, 0.25) is 0 Å². The third kappa shape index (κ3) is 3.00. The molecule has 1 amide bonds. The zero-order chi connectivity index (χ0) is 19.8. The van der Waals surface area contributed by atoms with Crippen molar-refractivity contribution in [2.45, 2.75) is 58.7 Å². The second kappa shape index (κ2) is 7.22. The van der Waals surface area contributed by atoms with E-state index >= 15 is 0 Å². The maximum Gasteiger partial charge on any atom is 0.254 e. The first-order valence-electron chi connectivity index (χ1n) is 9.83. The molecule has 2 N–H and O–H groups in total. The predicted molar refractivity (Wildman–Crippen MR) is 109 cm³/mol. The first-order chi connectivity index (χ1) is 13.5. The van der Waals surface area contributed by atoms with Crippen molar-refractivity contribution in [2.75, 3.05) is 5.32 Å². The maximum atomic E-state index is 13.4. The second-order valence-electron chi connectivity index (χ2n) is 7.67. The number of aromatic nitrogens is 4. The number of fused-ring (bicyclic) bond motifs is 2. The largest absolute Gasteiger partial charge is 0.363 e. The molecule has 1 aliphatic rings. The van der Waals surface area contributed by atoms with Gasteiger partial charge in [-0.15, -0.1) is 0 Å². The van der Waals surface area contributed by atoms with Crippen molar-refractivity contribution in [3.63, 3.8) is 0 Å². The summed E-state index contributed by atoms with van der Waals surface area (Å²) < 4.78 is 0. The lowest BCUT2D eigenvalue weighted by molar-refractivity contribution is 0.0546. The van der Waals surface area contributed by atoms with Crippen molar-refractivity contribution in [1.29, 1.82) is 0 Å². The van der Waals surface area contributed by atoms with Gasteiger partial charge in [-0.2, -0.15) is 0 Å². The van der Waals surface area contributed by atoms with Gasteiger partial charge in [-0.3, -0.25) is 4.79 Å². The van der Waals surface area contributed by atoms with Crippen LogP contribution in [0, 0.1) is 6.92 Å². The van der Waals surface area contributed by atoms with Gasteiger partial charge in [0.25, 0.3) is 5.91 Å². The number of aryl methyl sites for hydroxylation is 1. The Kier molecular flexibility index (Phi) is 4.75. The van der Waals surface area contributed by atoms with Crippen LogP contribution < -0.4 is 5.32 Å². The van der Waals surface area contributed by atoms with Crippen molar-refractivity contribution in [1.82, 2.24) is 24.8 Å². The topological polar surface area (TPSA) is 86.8 Å². The van der Waals surface area contributed by atoms with Gasteiger partial charge in [0, 0.05) is 17.6 Å². The van der Waals surface area contributed by atoms with E-state index in [0.717, 1.165) is 40.9 Å². The van der Waals surface area contributed by atoms with Gasteiger partial charge < -0.3 is 15.2 Å². The number of rotatable bonds is 5. The molecule has 0 radical (unpaired) electrons. The van der Waals surface area contributed by atoms with Crippen molar-refractivity contribution in [3.05, 3.63) is 47.5 Å². The monoisotopic (exact) mass is 378 g/mol. The van der Waals surface area contributed by atoms with E-state index < -0.39 is 0 Å². The highest BCUT2D eigenvalue weighted by Crippen LogP contribution is 2.31. The molecule has 0 saturated carbocycles. The Balaban J connectivity index is 1.72. The van der Waals surface area contributed by atoms with Crippen LogP contribution in [0.4, 0.5) is 5.82 Å². The molecule has 3 aromatic rings. The lowest BCUT2D eigenvalue weighted by atomic mass is 9.85. The number of benzene rings is 1. The normalized spacial score (nSPS) is 17.8. The van der Waals surface area contributed by atoms with E-state index in [0.29, 0.717) is 5.65 Å². The number of aromatic amines is 1. The summed E-state index contributed by atoms with van der Waals surface area (Å²) in [5.74, 6) is 0.842. The average Bonchev–Trinajstić information content (AvgIpc) is 3.15. The van der Waals surface area contributed by atoms with Crippen LogP contribution in [0.5, 0.6) is 0 Å². The molecular formula is C21H26N6O. The molecule has 146 valence electrons. The van der Waals surface area contributed by atoms with Crippen LogP contribution >= 0.6 is 0 Å². The Labute approximate surface area is 164 Å². The average molecular weight is 378 g/mol. The molecule has 2 aromatic heterocycles. The molecule has 1 aliphatic heterocycles. The zero-order valence-corrected chi connectivity index (χ0v) is 16.7. The molecule has 2 unspecified atom stereocenters. The van der Waals surface area contributed by atoms with Crippen LogP contribution in [0.1, 0.15) is 48.7 Å². The van der Waals surface area contributed by atoms with Gasteiger partial charge in [-0.25, -0.2) is 15.0 Å². The minimum Gasteiger partial charge on any atom is -0.363 e. The molecule has 7 heteroatoms. The molecule has 0 fully saturated rings. The summed E-state index contributed by atoms with van der Waals surface area (Å²) in [7, 11) is 0. The maximum absolute atomic E-state index is 13.4. The Bertz CT molecular complexity index is 1010. The number of carbonyl (C=O) groups is 1. The molecule has 0 spiro atoms. The van der Waals surface area contributed by atoms with Crippen LogP contribution in [0.3, 0.4) is 0 Å². The lowest BCUT2D eigenvalue weighted by Crippen LogP contribution is -2.56. The SMILES string of the molecule is CCC(Nc1ncnc2nc[nH]c12)C1Cc2cccc(C)c2C(=O)N1C(C)C. The van der Waals surface area contributed by atoms with Gasteiger partial charge in [0.05, 0.1) is 12.4 Å². The van der Waals surface area contributed by atoms with Crippen LogP contribution in [0.2, 0.25) is 0 Å². The predicted octanol–water partition coefficient (Wildman–Crippen LogP) is 3.33. The summed E-state index contributed by atoms with van der Waals surface area (Å²) in [6.45, 7) is 8.32. The van der Waals surface area contributed by atoms with Crippen molar-refractivity contribution < 1.29 is 4.79 Å². The van der Waals surface area contributed by atoms with Gasteiger partial charge in [-0.1, -0.05) is 25.1 Å². The zero-order valence-electron chi connectivity index (χ0n) is 16.7. The Morgan fingerprint density at radius 3 is 2.86 bits per heavy atom. The Morgan fingerprint density at radius 2 is 2.11 bits per heavy atom. The summed E-state index contributed by atoms with van der Waals surface area (Å²) in [6.07, 6.45) is 4.82. The van der Waals surface area contributed by atoms with Gasteiger partial charge in [0.15, 0.2) is 11.5 Å². The number of anilines is 1. The first kappa shape index (κ1) is 18.4. The standard InChI is InChI=1S/C21H26N6O/c1-5-15(26-20-18-19(23-10-22-18)24-11-25-20)16-9-14-8-6-7-13(4)17(14)21(28)27(16)12(2)3/h6-8,10-12,15-16H,5,9H2,1-4H3,(H2,22,23,24,25,26). The van der Waals surface area contributed by atoms with E-state index in [2.05, 4.69) is 52.1 Å². The van der Waals surface area contributed by atoms with Gasteiger partial charge >= 0.3 is 0 Å². The smallest absolute Gasteiger partial charge is 0.254 e. The number of nitrogens with zero attached hydrogens (tertiary/aromatic N) is 4. The van der Waals surface area contributed by atoms with Crippen molar-refractivity contribution >= 4 is 22.9 Å². The number of carbonyl (C=O) groups excluding carboxylic acids is 1. The second-order valence-corrected chi connectivity index (χ2v) is 7.67. The number of amides is 1. The lowest BCUT2D eigenvalue weighted by Gasteiger charge is -2.44. The Hall–Kier alpha value is -2.96. The van der Waals surface area contributed by atoms with Crippen LogP contribution in [-0.2, 0) is 6.42 Å². The number of hydrogen-bond acceptors (Lipinski definition) is 5. The minimum atomic E-state index is 0.0414. The molecule has 3 heterocycles. The summed E-state index contributed by atoms with van der Waals surface area (Å²) in [5, 5.41) is 3.56. The third-order valence-electron chi connectivity index (χ3n) is 5.60. The van der Waals surface area contributed by atoms with Crippen LogP contribution in [0.15, 0.2) is 30.9 Å². The highest BCUT2D eigenvalue weighted by Gasteiger charge is 2.38. The fourth-order valence-corrected chi connectivity index (χ4v) is 4.28.